The van der Waals surface area contributed by atoms with Gasteiger partial charge in [-0.1, -0.05) is 18.1 Å². The van der Waals surface area contributed by atoms with Crippen LogP contribution in [-0.4, -0.2) is 35.7 Å². The monoisotopic (exact) mass is 356 g/mol. The molecule has 5 atom stereocenters. The van der Waals surface area contributed by atoms with E-state index in [0.29, 0.717) is 19.3 Å². The van der Waals surface area contributed by atoms with Crippen LogP contribution in [0.5, 0.6) is 0 Å². The summed E-state index contributed by atoms with van der Waals surface area (Å²) in [6.07, 6.45) is 6.12. The Morgan fingerprint density at radius 1 is 1.35 bits per heavy atom. The molecule has 0 radical (unpaired) electrons. The van der Waals surface area contributed by atoms with E-state index >= 15 is 0 Å². The SMILES string of the molecule is COC(=O)[C@H]1[C@H]2C(=C3CC[C@@H]4C[C@@]31CC4=O)CCC[C@@]2(C)C(=O)C=[N+]=[N-]. The topological polar surface area (TPSA) is 96.8 Å². The number of esters is 1. The van der Waals surface area contributed by atoms with E-state index in [0.717, 1.165) is 31.9 Å². The van der Waals surface area contributed by atoms with Crippen LogP contribution in [0.1, 0.15) is 51.9 Å². The highest BCUT2D eigenvalue weighted by Crippen LogP contribution is 2.69. The maximum atomic E-state index is 12.9. The number of nitrogens with zero attached hydrogens (tertiary/aromatic N) is 2. The molecule has 0 aromatic rings. The van der Waals surface area contributed by atoms with Crippen molar-refractivity contribution in [2.24, 2.45) is 28.6 Å². The van der Waals surface area contributed by atoms with E-state index in [9.17, 15) is 14.4 Å². The van der Waals surface area contributed by atoms with Crippen molar-refractivity contribution in [1.82, 2.24) is 0 Å². The van der Waals surface area contributed by atoms with Gasteiger partial charge in [0.2, 0.25) is 5.78 Å². The zero-order valence-corrected chi connectivity index (χ0v) is 15.3. The molecule has 0 unspecified atom stereocenters. The van der Waals surface area contributed by atoms with Gasteiger partial charge in [-0.3, -0.25) is 14.4 Å². The molecule has 0 heterocycles. The number of rotatable bonds is 3. The third-order valence-corrected chi connectivity index (χ3v) is 7.61. The molecular formula is C20H24N2O4. The highest BCUT2D eigenvalue weighted by Gasteiger charge is 2.67. The average molecular weight is 356 g/mol. The minimum atomic E-state index is -0.807. The molecule has 4 aliphatic carbocycles. The molecule has 2 bridgehead atoms. The normalized spacial score (nSPS) is 40.5. The van der Waals surface area contributed by atoms with Crippen molar-refractivity contribution in [2.75, 3.05) is 7.11 Å². The first kappa shape index (κ1) is 17.3. The van der Waals surface area contributed by atoms with Crippen molar-refractivity contribution >= 4 is 23.8 Å². The summed E-state index contributed by atoms with van der Waals surface area (Å²) in [7, 11) is 1.38. The number of fused-ring (bicyclic) bond motifs is 2. The fourth-order valence-electron chi connectivity index (χ4n) is 6.58. The number of Topliss-reactive ketones (excluding diaryl/α,β-unsaturated/α-hetero) is 2. The van der Waals surface area contributed by atoms with Crippen LogP contribution >= 0.6 is 0 Å². The van der Waals surface area contributed by atoms with E-state index in [1.54, 1.807) is 0 Å². The fraction of sp³-hybridized carbons (Fsp3) is 0.700. The van der Waals surface area contributed by atoms with Crippen molar-refractivity contribution in [3.8, 4) is 0 Å². The van der Waals surface area contributed by atoms with Crippen molar-refractivity contribution in [3.05, 3.63) is 16.7 Å². The van der Waals surface area contributed by atoms with Gasteiger partial charge < -0.3 is 10.3 Å². The van der Waals surface area contributed by atoms with Crippen molar-refractivity contribution in [3.63, 3.8) is 0 Å². The third-order valence-electron chi connectivity index (χ3n) is 7.61. The highest BCUT2D eigenvalue weighted by atomic mass is 16.5. The Balaban J connectivity index is 1.91. The summed E-state index contributed by atoms with van der Waals surface area (Å²) in [6.45, 7) is 1.87. The maximum Gasteiger partial charge on any atom is 0.323 e. The molecule has 0 N–H and O–H groups in total. The minimum absolute atomic E-state index is 0.0348. The molecule has 26 heavy (non-hydrogen) atoms. The van der Waals surface area contributed by atoms with Crippen molar-refractivity contribution in [1.29, 1.82) is 0 Å². The van der Waals surface area contributed by atoms with Crippen molar-refractivity contribution in [2.45, 2.75) is 51.9 Å². The number of ether oxygens (including phenoxy) is 1. The molecule has 1 spiro atoms. The van der Waals surface area contributed by atoms with Crippen LogP contribution in [0.2, 0.25) is 0 Å². The Bertz CT molecular complexity index is 794. The first-order chi connectivity index (χ1) is 12.4. The Morgan fingerprint density at radius 3 is 2.81 bits per heavy atom. The van der Waals surface area contributed by atoms with Crippen LogP contribution in [0.4, 0.5) is 0 Å². The summed E-state index contributed by atoms with van der Waals surface area (Å²) in [5.74, 6) is -1.06. The number of allylic oxidation sites excluding steroid dienone is 2. The van der Waals surface area contributed by atoms with Crippen LogP contribution in [0.3, 0.4) is 0 Å². The van der Waals surface area contributed by atoms with E-state index in [1.165, 1.54) is 18.3 Å². The Labute approximate surface area is 152 Å². The predicted molar refractivity (Wildman–Crippen MR) is 92.1 cm³/mol. The molecule has 0 amide bonds. The molecule has 3 saturated carbocycles. The lowest BCUT2D eigenvalue weighted by Gasteiger charge is -2.43. The summed E-state index contributed by atoms with van der Waals surface area (Å²) >= 11 is 0. The molecule has 4 rings (SSSR count). The molecule has 6 nitrogen and oxygen atoms in total. The summed E-state index contributed by atoms with van der Waals surface area (Å²) in [5.41, 5.74) is 10.1. The number of methoxy groups -OCH3 is 1. The van der Waals surface area contributed by atoms with Gasteiger partial charge in [-0.2, -0.15) is 4.79 Å². The number of hydrogen-bond donors (Lipinski definition) is 0. The molecule has 0 aliphatic heterocycles. The van der Waals surface area contributed by atoms with Gasteiger partial charge in [0.05, 0.1) is 13.0 Å². The molecule has 4 aliphatic rings. The zero-order chi connectivity index (χ0) is 18.7. The lowest BCUT2D eigenvalue weighted by Crippen LogP contribution is -2.48. The van der Waals surface area contributed by atoms with E-state index in [1.807, 2.05) is 6.92 Å². The van der Waals surface area contributed by atoms with Crippen molar-refractivity contribution < 1.29 is 23.9 Å². The van der Waals surface area contributed by atoms with Gasteiger partial charge in [-0.05, 0) is 38.5 Å². The van der Waals surface area contributed by atoms with Crippen LogP contribution in [0, 0.1) is 28.6 Å². The van der Waals surface area contributed by atoms with E-state index in [2.05, 4.69) is 4.79 Å². The van der Waals surface area contributed by atoms with Gasteiger partial charge in [0.25, 0.3) is 0 Å². The second-order valence-corrected chi connectivity index (χ2v) is 8.60. The quantitative estimate of drug-likeness (QED) is 0.255. The summed E-state index contributed by atoms with van der Waals surface area (Å²) in [5, 5.41) is 0. The minimum Gasteiger partial charge on any atom is -0.469 e. The Hall–Kier alpha value is -2.07. The summed E-state index contributed by atoms with van der Waals surface area (Å²) in [4.78, 5) is 41.3. The van der Waals surface area contributed by atoms with Crippen LogP contribution in [0.15, 0.2) is 11.1 Å². The second-order valence-electron chi connectivity index (χ2n) is 8.60. The van der Waals surface area contributed by atoms with Gasteiger partial charge in [0.15, 0.2) is 0 Å². The van der Waals surface area contributed by atoms with Gasteiger partial charge in [0, 0.05) is 29.1 Å². The first-order valence-electron chi connectivity index (χ1n) is 9.44. The Kier molecular flexibility index (Phi) is 3.81. The van der Waals surface area contributed by atoms with Gasteiger partial charge in [0.1, 0.15) is 5.78 Å². The second kappa shape index (κ2) is 5.71. The largest absolute Gasteiger partial charge is 0.469 e. The zero-order valence-electron chi connectivity index (χ0n) is 15.3. The maximum absolute atomic E-state index is 12.9. The first-order valence-corrected chi connectivity index (χ1v) is 9.44. The lowest BCUT2D eigenvalue weighted by atomic mass is 9.58. The average Bonchev–Trinajstić information content (AvgIpc) is 3.05. The molecule has 3 fully saturated rings. The molecular weight excluding hydrogens is 332 g/mol. The van der Waals surface area contributed by atoms with Crippen LogP contribution < -0.4 is 0 Å². The van der Waals surface area contributed by atoms with Crippen LogP contribution in [-0.2, 0) is 19.1 Å². The summed E-state index contributed by atoms with van der Waals surface area (Å²) in [6, 6.07) is 0. The predicted octanol–water partition coefficient (Wildman–Crippen LogP) is 2.52. The number of carbonyl (C=O) groups excluding carboxylic acids is 3. The standard InChI is InChI=1S/C20H24N2O4/c1-19(15(24)10-22-21)7-3-4-12-13-6-5-11-8-20(13,9-14(11)23)17(16(12)19)18(25)26-2/h10-11,16-17H,3-9H2,1-2H3/t11-,16-,17-,19+,20-/m1/s1. The number of ketones is 2. The highest BCUT2D eigenvalue weighted by molar-refractivity contribution is 6.28. The van der Waals surface area contributed by atoms with Crippen LogP contribution in [0.25, 0.3) is 5.53 Å². The molecule has 0 aromatic carbocycles. The van der Waals surface area contributed by atoms with Gasteiger partial charge in [-0.15, -0.1) is 0 Å². The molecule has 6 heteroatoms. The number of carbonyl (C=O) groups is 3. The Morgan fingerprint density at radius 2 is 2.12 bits per heavy atom. The smallest absolute Gasteiger partial charge is 0.323 e. The third kappa shape index (κ3) is 2.02. The molecule has 0 saturated heterocycles. The van der Waals surface area contributed by atoms with E-state index in [-0.39, 0.29) is 29.4 Å². The van der Waals surface area contributed by atoms with Gasteiger partial charge in [-0.25, -0.2) is 0 Å². The molecule has 138 valence electrons. The van der Waals surface area contributed by atoms with E-state index in [4.69, 9.17) is 10.3 Å². The lowest BCUT2D eigenvalue weighted by molar-refractivity contribution is -0.154. The summed E-state index contributed by atoms with van der Waals surface area (Å²) < 4.78 is 5.17. The number of hydrogen-bond acceptors (Lipinski definition) is 4. The van der Waals surface area contributed by atoms with E-state index < -0.39 is 16.7 Å². The fourth-order valence-corrected chi connectivity index (χ4v) is 6.58. The molecule has 0 aromatic heterocycles. The van der Waals surface area contributed by atoms with Gasteiger partial charge >= 0.3 is 12.2 Å².